The monoisotopic (exact) mass is 406 g/mol. The maximum Gasteiger partial charge on any atom is 0.247 e. The van der Waals surface area contributed by atoms with Gasteiger partial charge >= 0.3 is 0 Å². The Hall–Kier alpha value is -3.61. The number of para-hydroxylation sites is 1. The Labute approximate surface area is 175 Å². The van der Waals surface area contributed by atoms with Crippen molar-refractivity contribution in [3.63, 3.8) is 0 Å². The molecule has 4 N–H and O–H groups in total. The van der Waals surface area contributed by atoms with E-state index in [2.05, 4.69) is 20.9 Å². The van der Waals surface area contributed by atoms with Crippen LogP contribution in [0.25, 0.3) is 10.9 Å². The Balaban J connectivity index is 1.71. The highest BCUT2D eigenvalue weighted by Gasteiger charge is 2.21. The van der Waals surface area contributed by atoms with E-state index >= 15 is 0 Å². The van der Waals surface area contributed by atoms with E-state index in [4.69, 9.17) is 0 Å². The van der Waals surface area contributed by atoms with E-state index < -0.39 is 6.04 Å². The van der Waals surface area contributed by atoms with Gasteiger partial charge < -0.3 is 20.9 Å². The largest absolute Gasteiger partial charge is 0.361 e. The molecule has 0 saturated heterocycles. The number of hydrogen-bond donors (Lipinski definition) is 4. The Morgan fingerprint density at radius 3 is 2.10 bits per heavy atom. The number of hydrogen-bond acceptors (Lipinski definition) is 3. The third-order valence-electron chi connectivity index (χ3n) is 4.74. The molecule has 0 aliphatic heterocycles. The number of anilines is 2. The lowest BCUT2D eigenvalue weighted by Crippen LogP contribution is -2.44. The van der Waals surface area contributed by atoms with E-state index in [1.54, 1.807) is 24.3 Å². The molecule has 156 valence electrons. The molecule has 1 aromatic heterocycles. The third kappa shape index (κ3) is 5.26. The number of aromatic nitrogens is 1. The molecule has 3 amide bonds. The van der Waals surface area contributed by atoms with Crippen LogP contribution in [-0.2, 0) is 20.8 Å². The number of fused-ring (bicyclic) bond motifs is 1. The smallest absolute Gasteiger partial charge is 0.247 e. The Morgan fingerprint density at radius 2 is 1.50 bits per heavy atom. The molecule has 30 heavy (non-hydrogen) atoms. The number of rotatable bonds is 7. The lowest BCUT2D eigenvalue weighted by Gasteiger charge is -2.18. The van der Waals surface area contributed by atoms with Gasteiger partial charge in [-0.3, -0.25) is 14.4 Å². The molecule has 2 aromatic carbocycles. The number of carbonyl (C=O) groups excluding carboxylic acids is 3. The van der Waals surface area contributed by atoms with Gasteiger partial charge in [0, 0.05) is 47.7 Å². The van der Waals surface area contributed by atoms with Crippen molar-refractivity contribution in [3.8, 4) is 0 Å². The molecule has 0 saturated carbocycles. The number of H-pyrrole nitrogens is 1. The Kier molecular flexibility index (Phi) is 6.51. The fourth-order valence-electron chi connectivity index (χ4n) is 3.13. The zero-order valence-electron chi connectivity index (χ0n) is 17.3. The summed E-state index contributed by atoms with van der Waals surface area (Å²) in [7, 11) is 0. The van der Waals surface area contributed by atoms with Gasteiger partial charge in [-0.2, -0.15) is 0 Å². The van der Waals surface area contributed by atoms with Crippen molar-refractivity contribution in [1.29, 1.82) is 0 Å². The van der Waals surface area contributed by atoms with Crippen LogP contribution in [0.5, 0.6) is 0 Å². The van der Waals surface area contributed by atoms with Gasteiger partial charge in [0.15, 0.2) is 0 Å². The summed E-state index contributed by atoms with van der Waals surface area (Å²) >= 11 is 0. The molecule has 0 fully saturated rings. The van der Waals surface area contributed by atoms with Gasteiger partial charge in [-0.05, 0) is 35.9 Å². The summed E-state index contributed by atoms with van der Waals surface area (Å²) in [5, 5.41) is 9.39. The molecule has 0 bridgehead atoms. The topological polar surface area (TPSA) is 103 Å². The van der Waals surface area contributed by atoms with E-state index in [-0.39, 0.29) is 23.6 Å². The van der Waals surface area contributed by atoms with Crippen LogP contribution in [0, 0.1) is 5.92 Å². The summed E-state index contributed by atoms with van der Waals surface area (Å²) in [6.45, 7) is 5.03. The first-order chi connectivity index (χ1) is 14.3. The fourth-order valence-corrected chi connectivity index (χ4v) is 3.13. The highest BCUT2D eigenvalue weighted by molar-refractivity contribution is 5.98. The third-order valence-corrected chi connectivity index (χ3v) is 4.74. The lowest BCUT2D eigenvalue weighted by molar-refractivity contribution is -0.125. The zero-order valence-corrected chi connectivity index (χ0v) is 17.3. The van der Waals surface area contributed by atoms with Gasteiger partial charge in [-0.15, -0.1) is 0 Å². The van der Waals surface area contributed by atoms with Gasteiger partial charge in [-0.1, -0.05) is 32.0 Å². The molecule has 7 heteroatoms. The predicted molar refractivity (Wildman–Crippen MR) is 118 cm³/mol. The van der Waals surface area contributed by atoms with Crippen LogP contribution in [-0.4, -0.2) is 28.7 Å². The van der Waals surface area contributed by atoms with Crippen molar-refractivity contribution in [2.75, 3.05) is 10.6 Å². The molecule has 0 spiro atoms. The average Bonchev–Trinajstić information content (AvgIpc) is 3.11. The Morgan fingerprint density at radius 1 is 0.900 bits per heavy atom. The molecule has 1 atom stereocenters. The van der Waals surface area contributed by atoms with Crippen molar-refractivity contribution < 1.29 is 14.4 Å². The second kappa shape index (κ2) is 9.26. The summed E-state index contributed by atoms with van der Waals surface area (Å²) < 4.78 is 0. The number of benzene rings is 2. The lowest BCUT2D eigenvalue weighted by atomic mass is 10.0. The highest BCUT2D eigenvalue weighted by atomic mass is 16.2. The average molecular weight is 406 g/mol. The number of aromatic amines is 1. The van der Waals surface area contributed by atoms with Crippen molar-refractivity contribution >= 4 is 40.0 Å². The summed E-state index contributed by atoms with van der Waals surface area (Å²) in [5.41, 5.74) is 3.17. The van der Waals surface area contributed by atoms with Gasteiger partial charge in [0.05, 0.1) is 0 Å². The van der Waals surface area contributed by atoms with E-state index in [0.717, 1.165) is 16.5 Å². The molecule has 0 aliphatic carbocycles. The van der Waals surface area contributed by atoms with Crippen LogP contribution in [0.4, 0.5) is 11.4 Å². The number of carbonyl (C=O) groups is 3. The van der Waals surface area contributed by atoms with Gasteiger partial charge in [0.1, 0.15) is 6.04 Å². The Bertz CT molecular complexity index is 1050. The minimum atomic E-state index is -0.720. The van der Waals surface area contributed by atoms with E-state index in [9.17, 15) is 14.4 Å². The maximum absolute atomic E-state index is 12.9. The van der Waals surface area contributed by atoms with E-state index in [1.807, 2.05) is 44.3 Å². The second-order valence-corrected chi connectivity index (χ2v) is 7.53. The molecular weight excluding hydrogens is 380 g/mol. The van der Waals surface area contributed by atoms with Gasteiger partial charge in [-0.25, -0.2) is 0 Å². The fraction of sp³-hybridized carbons (Fsp3) is 0.261. The summed E-state index contributed by atoms with van der Waals surface area (Å²) in [4.78, 5) is 39.5. The van der Waals surface area contributed by atoms with Crippen molar-refractivity contribution in [2.45, 2.75) is 33.2 Å². The van der Waals surface area contributed by atoms with Crippen molar-refractivity contribution in [2.24, 2.45) is 5.92 Å². The van der Waals surface area contributed by atoms with Crippen LogP contribution < -0.4 is 16.0 Å². The van der Waals surface area contributed by atoms with Gasteiger partial charge in [0.2, 0.25) is 17.7 Å². The van der Waals surface area contributed by atoms with Crippen molar-refractivity contribution in [1.82, 2.24) is 10.3 Å². The van der Waals surface area contributed by atoms with E-state index in [0.29, 0.717) is 17.8 Å². The molecular formula is C23H26N4O3. The second-order valence-electron chi connectivity index (χ2n) is 7.53. The van der Waals surface area contributed by atoms with Crippen LogP contribution in [0.3, 0.4) is 0 Å². The minimum Gasteiger partial charge on any atom is -0.361 e. The van der Waals surface area contributed by atoms with Crippen molar-refractivity contribution in [3.05, 3.63) is 60.3 Å². The van der Waals surface area contributed by atoms with Crippen LogP contribution in [0.1, 0.15) is 26.3 Å². The minimum absolute atomic E-state index is 0.0729. The summed E-state index contributed by atoms with van der Waals surface area (Å²) in [6, 6.07) is 14.0. The summed E-state index contributed by atoms with van der Waals surface area (Å²) in [6.07, 6.45) is 2.22. The zero-order chi connectivity index (χ0) is 21.7. The standard InChI is InChI=1S/C23H26N4O3/c1-14(2)22(29)26-17-8-10-18(11-9-17)27-23(30)21(25-15(3)28)12-16-13-24-20-7-5-4-6-19(16)20/h4-11,13-14,21,24H,12H2,1-3H3,(H,25,28)(H,26,29)(H,27,30). The number of nitrogens with one attached hydrogen (secondary N) is 4. The van der Waals surface area contributed by atoms with Crippen LogP contribution in [0.2, 0.25) is 0 Å². The highest BCUT2D eigenvalue weighted by Crippen LogP contribution is 2.20. The molecule has 3 rings (SSSR count). The normalized spacial score (nSPS) is 11.9. The van der Waals surface area contributed by atoms with E-state index in [1.165, 1.54) is 6.92 Å². The predicted octanol–water partition coefficient (Wildman–Crippen LogP) is 3.45. The first kappa shape index (κ1) is 21.1. The molecule has 1 heterocycles. The summed E-state index contributed by atoms with van der Waals surface area (Å²) in [5.74, 6) is -0.778. The molecule has 0 aliphatic rings. The van der Waals surface area contributed by atoms with Gasteiger partial charge in [0.25, 0.3) is 0 Å². The first-order valence-electron chi connectivity index (χ1n) is 9.87. The van der Waals surface area contributed by atoms with Crippen LogP contribution in [0.15, 0.2) is 54.7 Å². The maximum atomic E-state index is 12.9. The number of amides is 3. The first-order valence-corrected chi connectivity index (χ1v) is 9.87. The SMILES string of the molecule is CC(=O)NC(Cc1c[nH]c2ccccc12)C(=O)Nc1ccc(NC(=O)C(C)C)cc1. The molecule has 3 aromatic rings. The molecule has 0 radical (unpaired) electrons. The molecule has 7 nitrogen and oxygen atoms in total. The molecule has 1 unspecified atom stereocenters. The quantitative estimate of drug-likeness (QED) is 0.483. The van der Waals surface area contributed by atoms with Crippen LogP contribution >= 0.6 is 0 Å².